The van der Waals surface area contributed by atoms with E-state index in [1.54, 1.807) is 4.90 Å². The lowest BCUT2D eigenvalue weighted by atomic mass is 9.84. The zero-order valence-corrected chi connectivity index (χ0v) is 19.2. The molecule has 8 heteroatoms. The number of halogens is 2. The molecule has 0 aromatic carbocycles. The molecule has 3 saturated heterocycles. The molecule has 6 atom stereocenters. The molecule has 0 aromatic rings. The quantitative estimate of drug-likeness (QED) is 0.517. The topological polar surface area (TPSA) is 73.5 Å². The molecule has 0 aromatic heterocycles. The Kier molecular flexibility index (Phi) is 8.38. The van der Waals surface area contributed by atoms with E-state index in [1.807, 2.05) is 0 Å². The number of piperidine rings is 2. The highest BCUT2D eigenvalue weighted by atomic mass is 19.2. The first kappa shape index (κ1) is 23.9. The van der Waals surface area contributed by atoms with Crippen LogP contribution in [0.25, 0.3) is 0 Å². The van der Waals surface area contributed by atoms with Crippen LogP contribution in [0.15, 0.2) is 0 Å². The Morgan fingerprint density at radius 2 is 1.84 bits per heavy atom. The third-order valence-corrected chi connectivity index (χ3v) is 8.18. The second kappa shape index (κ2) is 11.2. The van der Waals surface area contributed by atoms with Crippen LogP contribution in [-0.4, -0.2) is 73.9 Å². The van der Waals surface area contributed by atoms with Crippen molar-refractivity contribution in [3.05, 3.63) is 0 Å². The summed E-state index contributed by atoms with van der Waals surface area (Å²) in [5.41, 5.74) is 0. The lowest BCUT2D eigenvalue weighted by Crippen LogP contribution is -2.47. The van der Waals surface area contributed by atoms with E-state index in [1.165, 1.54) is 0 Å². The van der Waals surface area contributed by atoms with Gasteiger partial charge in [-0.1, -0.05) is 12.8 Å². The van der Waals surface area contributed by atoms with Gasteiger partial charge in [-0.2, -0.15) is 0 Å². The number of likely N-dealkylation sites (tertiary alicyclic amines) is 1. The summed E-state index contributed by atoms with van der Waals surface area (Å²) < 4.78 is 27.8. The summed E-state index contributed by atoms with van der Waals surface area (Å²) >= 11 is 0. The van der Waals surface area contributed by atoms with Gasteiger partial charge in [-0.05, 0) is 76.3 Å². The summed E-state index contributed by atoms with van der Waals surface area (Å²) in [5.74, 6) is 0.314. The molecule has 32 heavy (non-hydrogen) atoms. The molecule has 3 aliphatic heterocycles. The van der Waals surface area contributed by atoms with E-state index >= 15 is 0 Å². The smallest absolute Gasteiger partial charge is 0.237 e. The summed E-state index contributed by atoms with van der Waals surface area (Å²) in [6.07, 6.45) is 5.21. The molecule has 1 aliphatic carbocycles. The van der Waals surface area contributed by atoms with Gasteiger partial charge in [0.2, 0.25) is 11.8 Å². The van der Waals surface area contributed by atoms with Gasteiger partial charge in [0, 0.05) is 25.7 Å². The molecule has 0 bridgehead atoms. The number of hydrogen-bond acceptors (Lipinski definition) is 4. The lowest BCUT2D eigenvalue weighted by molar-refractivity contribution is -0.142. The normalized spacial score (nSPS) is 36.0. The van der Waals surface area contributed by atoms with Crippen molar-refractivity contribution in [1.82, 2.24) is 20.9 Å². The van der Waals surface area contributed by atoms with Crippen molar-refractivity contribution >= 4 is 11.8 Å². The maximum absolute atomic E-state index is 14.1. The minimum atomic E-state index is -1.63. The average Bonchev–Trinajstić information content (AvgIpc) is 3.25. The first-order chi connectivity index (χ1) is 15.5. The van der Waals surface area contributed by atoms with Gasteiger partial charge < -0.3 is 20.9 Å². The summed E-state index contributed by atoms with van der Waals surface area (Å²) in [7, 11) is 0. The first-order valence-corrected chi connectivity index (χ1v) is 12.8. The number of fused-ring (bicyclic) bond motifs is 1. The van der Waals surface area contributed by atoms with E-state index in [2.05, 4.69) is 16.0 Å². The SMILES string of the molecule is O=C(NCCCCC1CCN(C(=O)C2CCCC(F)C2F)CC1)C1CC2CNCCC2N1. The van der Waals surface area contributed by atoms with Crippen molar-refractivity contribution in [2.45, 2.75) is 88.6 Å². The zero-order valence-electron chi connectivity index (χ0n) is 19.2. The molecular weight excluding hydrogens is 414 g/mol. The molecule has 3 heterocycles. The second-order valence-electron chi connectivity index (χ2n) is 10.4. The molecule has 182 valence electrons. The fraction of sp³-hybridized carbons (Fsp3) is 0.917. The summed E-state index contributed by atoms with van der Waals surface area (Å²) in [6, 6.07) is 0.435. The second-order valence-corrected chi connectivity index (χ2v) is 10.4. The Morgan fingerprint density at radius 1 is 1.03 bits per heavy atom. The highest BCUT2D eigenvalue weighted by Crippen LogP contribution is 2.32. The monoisotopic (exact) mass is 454 g/mol. The number of carbonyl (C=O) groups is 2. The standard InChI is InChI=1S/C24H40F2N4O2/c25-19-6-3-5-18(22(19)26)24(32)30-12-8-16(9-13-30)4-1-2-10-28-23(31)21-14-17-15-27-11-7-20(17)29-21/h16-22,27,29H,1-15H2,(H,28,31). The van der Waals surface area contributed by atoms with E-state index in [0.717, 1.165) is 58.0 Å². The number of nitrogens with zero attached hydrogens (tertiary/aromatic N) is 1. The van der Waals surface area contributed by atoms with Crippen LogP contribution >= 0.6 is 0 Å². The van der Waals surface area contributed by atoms with Crippen LogP contribution in [0.1, 0.15) is 64.2 Å². The number of carbonyl (C=O) groups excluding carboxylic acids is 2. The molecule has 2 amide bonds. The van der Waals surface area contributed by atoms with Crippen LogP contribution in [0.3, 0.4) is 0 Å². The van der Waals surface area contributed by atoms with Crippen molar-refractivity contribution in [3.63, 3.8) is 0 Å². The lowest BCUT2D eigenvalue weighted by Gasteiger charge is -2.37. The van der Waals surface area contributed by atoms with Crippen LogP contribution in [0, 0.1) is 17.8 Å². The van der Waals surface area contributed by atoms with E-state index in [4.69, 9.17) is 0 Å². The van der Waals surface area contributed by atoms with E-state index in [-0.39, 0.29) is 24.3 Å². The minimum absolute atomic E-state index is 0.0486. The Balaban J connectivity index is 1.07. The molecule has 0 spiro atoms. The summed E-state index contributed by atoms with van der Waals surface area (Å²) in [5, 5.41) is 10.0. The Bertz CT molecular complexity index is 629. The van der Waals surface area contributed by atoms with Gasteiger partial charge in [-0.15, -0.1) is 0 Å². The zero-order chi connectivity index (χ0) is 22.5. The molecule has 3 N–H and O–H groups in total. The third kappa shape index (κ3) is 5.79. The maximum Gasteiger partial charge on any atom is 0.237 e. The van der Waals surface area contributed by atoms with Crippen LogP contribution in [0.5, 0.6) is 0 Å². The minimum Gasteiger partial charge on any atom is -0.355 e. The van der Waals surface area contributed by atoms with Gasteiger partial charge in [0.1, 0.15) is 12.3 Å². The van der Waals surface area contributed by atoms with Gasteiger partial charge in [0.15, 0.2) is 0 Å². The maximum atomic E-state index is 14.1. The van der Waals surface area contributed by atoms with Crippen molar-refractivity contribution in [1.29, 1.82) is 0 Å². The van der Waals surface area contributed by atoms with Gasteiger partial charge in [0.25, 0.3) is 0 Å². The van der Waals surface area contributed by atoms with Gasteiger partial charge in [-0.3, -0.25) is 9.59 Å². The van der Waals surface area contributed by atoms with Crippen LogP contribution < -0.4 is 16.0 Å². The number of unbranched alkanes of at least 4 members (excludes halogenated alkanes) is 1. The van der Waals surface area contributed by atoms with Crippen LogP contribution in [0.4, 0.5) is 8.78 Å². The van der Waals surface area contributed by atoms with Crippen LogP contribution in [0.2, 0.25) is 0 Å². The van der Waals surface area contributed by atoms with Crippen molar-refractivity contribution in [3.8, 4) is 0 Å². The highest BCUT2D eigenvalue weighted by molar-refractivity contribution is 5.82. The van der Waals surface area contributed by atoms with E-state index < -0.39 is 18.3 Å². The predicted octanol–water partition coefficient (Wildman–Crippen LogP) is 2.33. The molecule has 6 unspecified atom stereocenters. The van der Waals surface area contributed by atoms with E-state index in [0.29, 0.717) is 50.4 Å². The summed E-state index contributed by atoms with van der Waals surface area (Å²) in [4.78, 5) is 26.8. The molecule has 1 saturated carbocycles. The van der Waals surface area contributed by atoms with Gasteiger partial charge >= 0.3 is 0 Å². The average molecular weight is 455 g/mol. The first-order valence-electron chi connectivity index (χ1n) is 12.8. The third-order valence-electron chi connectivity index (χ3n) is 8.18. The Morgan fingerprint density at radius 3 is 2.62 bits per heavy atom. The molecule has 0 radical (unpaired) electrons. The Hall–Kier alpha value is -1.28. The van der Waals surface area contributed by atoms with Gasteiger partial charge in [0.05, 0.1) is 12.0 Å². The number of nitrogens with one attached hydrogen (secondary N) is 3. The molecule has 4 aliphatic rings. The Labute approximate surface area is 190 Å². The number of rotatable bonds is 7. The fourth-order valence-corrected chi connectivity index (χ4v) is 6.13. The predicted molar refractivity (Wildman–Crippen MR) is 120 cm³/mol. The van der Waals surface area contributed by atoms with Crippen molar-refractivity contribution in [2.24, 2.45) is 17.8 Å². The number of alkyl halides is 2. The van der Waals surface area contributed by atoms with Gasteiger partial charge in [-0.25, -0.2) is 8.78 Å². The molecular formula is C24H40F2N4O2. The molecule has 4 fully saturated rings. The molecule has 6 nitrogen and oxygen atoms in total. The van der Waals surface area contributed by atoms with Crippen molar-refractivity contribution in [2.75, 3.05) is 32.7 Å². The number of hydrogen-bond donors (Lipinski definition) is 3. The molecule has 4 rings (SSSR count). The highest BCUT2D eigenvalue weighted by Gasteiger charge is 2.40. The number of amides is 2. The fourth-order valence-electron chi connectivity index (χ4n) is 6.13. The van der Waals surface area contributed by atoms with E-state index in [9.17, 15) is 18.4 Å². The summed E-state index contributed by atoms with van der Waals surface area (Å²) in [6.45, 7) is 4.07. The largest absolute Gasteiger partial charge is 0.355 e. The van der Waals surface area contributed by atoms with Crippen molar-refractivity contribution < 1.29 is 18.4 Å². The van der Waals surface area contributed by atoms with Crippen LogP contribution in [-0.2, 0) is 9.59 Å².